The van der Waals surface area contributed by atoms with Crippen molar-refractivity contribution in [2.75, 3.05) is 5.33 Å². The molecule has 0 saturated carbocycles. The average molecular weight is 404 g/mol. The summed E-state index contributed by atoms with van der Waals surface area (Å²) in [5, 5.41) is 7.96. The predicted molar refractivity (Wildman–Crippen MR) is 76.1 cm³/mol. The van der Waals surface area contributed by atoms with Gasteiger partial charge in [0.2, 0.25) is 5.03 Å². The third-order valence-corrected chi connectivity index (χ3v) is 6.49. The van der Waals surface area contributed by atoms with Crippen LogP contribution >= 0.6 is 31.9 Å². The van der Waals surface area contributed by atoms with Crippen LogP contribution in [-0.2, 0) is 17.1 Å². The van der Waals surface area contributed by atoms with E-state index in [0.29, 0.717) is 18.2 Å². The molecule has 0 fully saturated rings. The highest BCUT2D eigenvalue weighted by Crippen LogP contribution is 2.24. The summed E-state index contributed by atoms with van der Waals surface area (Å²) in [6.45, 7) is 3.90. The standard InChI is InChI=1S/C9H16Br2N4O2S/c1-4-9(5-2,6-10)13-18(16,17)8-7(11)12-14-15(8)3/h13H,4-6H2,1-3H3. The third-order valence-electron chi connectivity index (χ3n) is 2.95. The SMILES string of the molecule is CCC(CC)(CBr)NS(=O)(=O)c1c(Br)nnn1C. The minimum absolute atomic E-state index is 0.0368. The van der Waals surface area contributed by atoms with Crippen molar-refractivity contribution in [1.82, 2.24) is 19.7 Å². The molecule has 0 saturated heterocycles. The van der Waals surface area contributed by atoms with E-state index in [1.54, 1.807) is 7.05 Å². The maximum absolute atomic E-state index is 12.4. The fraction of sp³-hybridized carbons (Fsp3) is 0.778. The summed E-state index contributed by atoms with van der Waals surface area (Å²) < 4.78 is 28.9. The highest BCUT2D eigenvalue weighted by atomic mass is 79.9. The van der Waals surface area contributed by atoms with E-state index in [-0.39, 0.29) is 9.63 Å². The molecule has 1 aromatic heterocycles. The molecular weight excluding hydrogens is 388 g/mol. The first kappa shape index (κ1) is 16.1. The number of hydrogen-bond acceptors (Lipinski definition) is 4. The molecule has 0 radical (unpaired) electrons. The highest BCUT2D eigenvalue weighted by molar-refractivity contribution is 9.10. The minimum atomic E-state index is -3.66. The zero-order chi connectivity index (χ0) is 14.0. The number of hydrogen-bond donors (Lipinski definition) is 1. The number of sulfonamides is 1. The smallest absolute Gasteiger partial charge is 0.235 e. The van der Waals surface area contributed by atoms with E-state index in [1.165, 1.54) is 4.68 Å². The Kier molecular flexibility index (Phi) is 5.33. The summed E-state index contributed by atoms with van der Waals surface area (Å²) >= 11 is 6.47. The van der Waals surface area contributed by atoms with E-state index in [1.807, 2.05) is 13.8 Å². The Morgan fingerprint density at radius 3 is 2.28 bits per heavy atom. The molecule has 0 atom stereocenters. The molecule has 0 amide bonds. The van der Waals surface area contributed by atoms with Gasteiger partial charge in [-0.3, -0.25) is 0 Å². The summed E-state index contributed by atoms with van der Waals surface area (Å²) in [4.78, 5) is 0. The molecule has 1 aromatic rings. The molecule has 0 spiro atoms. The molecule has 0 aliphatic rings. The van der Waals surface area contributed by atoms with Gasteiger partial charge in [-0.25, -0.2) is 17.8 Å². The van der Waals surface area contributed by atoms with Gasteiger partial charge >= 0.3 is 0 Å². The van der Waals surface area contributed by atoms with Crippen molar-refractivity contribution in [3.63, 3.8) is 0 Å². The van der Waals surface area contributed by atoms with E-state index in [2.05, 4.69) is 46.9 Å². The summed E-state index contributed by atoms with van der Waals surface area (Å²) in [5.41, 5.74) is -0.497. The van der Waals surface area contributed by atoms with Crippen LogP contribution in [0.3, 0.4) is 0 Å². The molecule has 104 valence electrons. The monoisotopic (exact) mass is 402 g/mol. The molecule has 1 N–H and O–H groups in total. The third kappa shape index (κ3) is 3.12. The number of nitrogens with one attached hydrogen (secondary N) is 1. The first-order chi connectivity index (χ1) is 8.32. The second kappa shape index (κ2) is 5.98. The lowest BCUT2D eigenvalue weighted by molar-refractivity contribution is 0.396. The lowest BCUT2D eigenvalue weighted by Crippen LogP contribution is -2.49. The first-order valence-electron chi connectivity index (χ1n) is 5.47. The van der Waals surface area contributed by atoms with Crippen molar-refractivity contribution in [2.45, 2.75) is 37.3 Å². The van der Waals surface area contributed by atoms with Crippen LogP contribution in [0.5, 0.6) is 0 Å². The Labute approximate surface area is 124 Å². The van der Waals surface area contributed by atoms with E-state index < -0.39 is 15.6 Å². The van der Waals surface area contributed by atoms with Crippen LogP contribution in [0.25, 0.3) is 0 Å². The van der Waals surface area contributed by atoms with Crippen molar-refractivity contribution >= 4 is 41.9 Å². The maximum atomic E-state index is 12.4. The van der Waals surface area contributed by atoms with Crippen molar-refractivity contribution in [2.24, 2.45) is 7.05 Å². The lowest BCUT2D eigenvalue weighted by Gasteiger charge is -2.30. The van der Waals surface area contributed by atoms with Gasteiger partial charge in [0.25, 0.3) is 10.0 Å². The predicted octanol–water partition coefficient (Wildman–Crippen LogP) is 1.81. The van der Waals surface area contributed by atoms with Crippen LogP contribution in [0.15, 0.2) is 9.63 Å². The van der Waals surface area contributed by atoms with Crippen LogP contribution in [0.1, 0.15) is 26.7 Å². The zero-order valence-corrected chi connectivity index (χ0v) is 14.4. The molecule has 1 rings (SSSR count). The number of rotatable bonds is 6. The Morgan fingerprint density at radius 2 is 1.94 bits per heavy atom. The van der Waals surface area contributed by atoms with Gasteiger partial charge in [-0.05, 0) is 28.8 Å². The Bertz CT molecular complexity index is 483. The quantitative estimate of drug-likeness (QED) is 0.734. The zero-order valence-electron chi connectivity index (χ0n) is 10.4. The fourth-order valence-corrected chi connectivity index (χ4v) is 5.31. The molecule has 1 heterocycles. The molecule has 6 nitrogen and oxygen atoms in total. The average Bonchev–Trinajstić information content (AvgIpc) is 2.67. The molecule has 9 heteroatoms. The van der Waals surface area contributed by atoms with Crippen molar-refractivity contribution < 1.29 is 8.42 Å². The number of aryl methyl sites for hydroxylation is 1. The van der Waals surface area contributed by atoms with Crippen LogP contribution in [0, 0.1) is 0 Å². The Balaban J connectivity index is 3.17. The fourth-order valence-electron chi connectivity index (χ4n) is 1.55. The van der Waals surface area contributed by atoms with Crippen molar-refractivity contribution in [3.8, 4) is 0 Å². The van der Waals surface area contributed by atoms with E-state index >= 15 is 0 Å². The van der Waals surface area contributed by atoms with Crippen LogP contribution < -0.4 is 4.72 Å². The van der Waals surface area contributed by atoms with Crippen LogP contribution in [0.4, 0.5) is 0 Å². The van der Waals surface area contributed by atoms with Gasteiger partial charge < -0.3 is 0 Å². The second-order valence-electron chi connectivity index (χ2n) is 4.04. The Hall–Kier alpha value is 0.0100. The normalized spacial score (nSPS) is 12.9. The Morgan fingerprint density at radius 1 is 1.39 bits per heavy atom. The number of alkyl halides is 1. The topological polar surface area (TPSA) is 76.9 Å². The molecule has 0 bridgehead atoms. The number of halogens is 2. The highest BCUT2D eigenvalue weighted by Gasteiger charge is 2.34. The van der Waals surface area contributed by atoms with Crippen molar-refractivity contribution in [1.29, 1.82) is 0 Å². The summed E-state index contributed by atoms with van der Waals surface area (Å²) in [5.74, 6) is 0. The van der Waals surface area contributed by atoms with Gasteiger partial charge in [0, 0.05) is 17.9 Å². The van der Waals surface area contributed by atoms with E-state index in [0.717, 1.165) is 0 Å². The van der Waals surface area contributed by atoms with E-state index in [4.69, 9.17) is 0 Å². The molecule has 18 heavy (non-hydrogen) atoms. The molecule has 0 aromatic carbocycles. The van der Waals surface area contributed by atoms with Gasteiger partial charge in [0.1, 0.15) is 0 Å². The number of nitrogens with zero attached hydrogens (tertiary/aromatic N) is 3. The van der Waals surface area contributed by atoms with Crippen LogP contribution in [-0.4, -0.2) is 34.3 Å². The largest absolute Gasteiger partial charge is 0.261 e. The van der Waals surface area contributed by atoms with Crippen LogP contribution in [0.2, 0.25) is 0 Å². The van der Waals surface area contributed by atoms with Gasteiger partial charge in [-0.1, -0.05) is 35.0 Å². The summed E-state index contributed by atoms with van der Waals surface area (Å²) in [7, 11) is -2.12. The minimum Gasteiger partial charge on any atom is -0.235 e. The first-order valence-corrected chi connectivity index (χ1v) is 8.86. The van der Waals surface area contributed by atoms with Crippen molar-refractivity contribution in [3.05, 3.63) is 4.60 Å². The van der Waals surface area contributed by atoms with Gasteiger partial charge in [0.05, 0.1) is 0 Å². The maximum Gasteiger partial charge on any atom is 0.261 e. The molecule has 0 aliphatic heterocycles. The van der Waals surface area contributed by atoms with Gasteiger partial charge in [0.15, 0.2) is 4.60 Å². The number of aromatic nitrogens is 3. The van der Waals surface area contributed by atoms with Gasteiger partial charge in [-0.15, -0.1) is 5.10 Å². The second-order valence-corrected chi connectivity index (χ2v) is 6.95. The lowest BCUT2D eigenvalue weighted by atomic mass is 9.97. The van der Waals surface area contributed by atoms with Gasteiger partial charge in [-0.2, -0.15) is 0 Å². The van der Waals surface area contributed by atoms with E-state index in [9.17, 15) is 8.42 Å². The summed E-state index contributed by atoms with van der Waals surface area (Å²) in [6, 6.07) is 0. The molecule has 0 aliphatic carbocycles. The molecule has 0 unspecified atom stereocenters. The summed E-state index contributed by atoms with van der Waals surface area (Å²) in [6.07, 6.45) is 1.38. The molecular formula is C9H16Br2N4O2S.